The Kier molecular flexibility index (Phi) is 4.48. The molecule has 0 saturated carbocycles. The molecule has 6 nitrogen and oxygen atoms in total. The second-order valence-corrected chi connectivity index (χ2v) is 6.64. The van der Waals surface area contributed by atoms with Crippen LogP contribution in [0.5, 0.6) is 0 Å². The SMILES string of the molecule is Cc1cc(NC2CCN(C(=O)c3cnccn3)CC2)nc2ccccc12. The Hall–Kier alpha value is -3.02. The molecule has 6 heteroatoms. The summed E-state index contributed by atoms with van der Waals surface area (Å²) in [7, 11) is 0. The van der Waals surface area contributed by atoms with Gasteiger partial charge in [0.2, 0.25) is 0 Å². The predicted molar refractivity (Wildman–Crippen MR) is 101 cm³/mol. The van der Waals surface area contributed by atoms with Crippen molar-refractivity contribution in [3.8, 4) is 0 Å². The average molecular weight is 347 g/mol. The standard InChI is InChI=1S/C20H21N5O/c1-14-12-19(24-17-5-3-2-4-16(14)17)23-15-6-10-25(11-7-15)20(26)18-13-21-8-9-22-18/h2-5,8-9,12-13,15H,6-7,10-11H2,1H3,(H,23,24). The van der Waals surface area contributed by atoms with Gasteiger partial charge in [0.15, 0.2) is 0 Å². The lowest BCUT2D eigenvalue weighted by Crippen LogP contribution is -2.42. The molecule has 0 aliphatic carbocycles. The van der Waals surface area contributed by atoms with Gasteiger partial charge in [0.05, 0.1) is 11.7 Å². The Morgan fingerprint density at radius 2 is 2.00 bits per heavy atom. The zero-order chi connectivity index (χ0) is 17.9. The number of aryl methyl sites for hydroxylation is 1. The second-order valence-electron chi connectivity index (χ2n) is 6.64. The Morgan fingerprint density at radius 3 is 2.77 bits per heavy atom. The molecule has 3 aromatic rings. The molecular weight excluding hydrogens is 326 g/mol. The highest BCUT2D eigenvalue weighted by atomic mass is 16.2. The number of nitrogens with one attached hydrogen (secondary N) is 1. The van der Waals surface area contributed by atoms with Crippen molar-refractivity contribution in [1.29, 1.82) is 0 Å². The van der Waals surface area contributed by atoms with E-state index < -0.39 is 0 Å². The number of piperidine rings is 1. The number of benzene rings is 1. The minimum atomic E-state index is -0.0452. The van der Waals surface area contributed by atoms with Crippen molar-refractivity contribution in [3.63, 3.8) is 0 Å². The van der Waals surface area contributed by atoms with Crippen LogP contribution in [0.4, 0.5) is 5.82 Å². The first-order valence-electron chi connectivity index (χ1n) is 8.89. The normalized spacial score (nSPS) is 15.2. The number of rotatable bonds is 3. The second kappa shape index (κ2) is 7.07. The molecule has 0 spiro atoms. The maximum atomic E-state index is 12.4. The molecule has 1 fully saturated rings. The summed E-state index contributed by atoms with van der Waals surface area (Å²) in [6.07, 6.45) is 6.42. The fourth-order valence-corrected chi connectivity index (χ4v) is 3.43. The summed E-state index contributed by atoms with van der Waals surface area (Å²) in [4.78, 5) is 27.1. The van der Waals surface area contributed by atoms with Crippen LogP contribution in [0.3, 0.4) is 0 Å². The summed E-state index contributed by atoms with van der Waals surface area (Å²) in [5.41, 5.74) is 2.63. The number of aromatic nitrogens is 3. The minimum absolute atomic E-state index is 0.0452. The van der Waals surface area contributed by atoms with Gasteiger partial charge in [-0.05, 0) is 37.5 Å². The van der Waals surface area contributed by atoms with Gasteiger partial charge in [-0.3, -0.25) is 9.78 Å². The number of likely N-dealkylation sites (tertiary alicyclic amines) is 1. The molecule has 0 bridgehead atoms. The van der Waals surface area contributed by atoms with Crippen LogP contribution in [-0.4, -0.2) is 44.9 Å². The summed E-state index contributed by atoms with van der Waals surface area (Å²) >= 11 is 0. The van der Waals surface area contributed by atoms with Crippen LogP contribution in [0.2, 0.25) is 0 Å². The van der Waals surface area contributed by atoms with Gasteiger partial charge in [-0.15, -0.1) is 0 Å². The van der Waals surface area contributed by atoms with E-state index in [1.165, 1.54) is 17.1 Å². The van der Waals surface area contributed by atoms with E-state index in [2.05, 4.69) is 34.3 Å². The summed E-state index contributed by atoms with van der Waals surface area (Å²) < 4.78 is 0. The molecule has 1 saturated heterocycles. The fraction of sp³-hybridized carbons (Fsp3) is 0.300. The molecule has 132 valence electrons. The van der Waals surface area contributed by atoms with Crippen molar-refractivity contribution < 1.29 is 4.79 Å². The topological polar surface area (TPSA) is 71.0 Å². The van der Waals surface area contributed by atoms with Crippen LogP contribution in [0, 0.1) is 6.92 Å². The van der Waals surface area contributed by atoms with E-state index in [9.17, 15) is 4.79 Å². The van der Waals surface area contributed by atoms with E-state index in [0.29, 0.717) is 24.8 Å². The van der Waals surface area contributed by atoms with Crippen LogP contribution in [-0.2, 0) is 0 Å². The van der Waals surface area contributed by atoms with Gasteiger partial charge < -0.3 is 10.2 Å². The number of hydrogen-bond acceptors (Lipinski definition) is 5. The van der Waals surface area contributed by atoms with E-state index in [0.717, 1.165) is 24.2 Å². The molecule has 0 radical (unpaired) electrons. The maximum absolute atomic E-state index is 12.4. The Morgan fingerprint density at radius 1 is 1.19 bits per heavy atom. The lowest BCUT2D eigenvalue weighted by molar-refractivity contribution is 0.0712. The van der Waals surface area contributed by atoms with Crippen LogP contribution < -0.4 is 5.32 Å². The summed E-state index contributed by atoms with van der Waals surface area (Å²) in [6.45, 7) is 3.52. The van der Waals surface area contributed by atoms with Gasteiger partial charge in [-0.2, -0.15) is 0 Å². The highest BCUT2D eigenvalue weighted by Gasteiger charge is 2.24. The Balaban J connectivity index is 1.40. The summed E-state index contributed by atoms with van der Waals surface area (Å²) in [5, 5.41) is 4.72. The zero-order valence-electron chi connectivity index (χ0n) is 14.7. The quantitative estimate of drug-likeness (QED) is 0.788. The van der Waals surface area contributed by atoms with Crippen molar-refractivity contribution in [2.45, 2.75) is 25.8 Å². The third-order valence-corrected chi connectivity index (χ3v) is 4.84. The van der Waals surface area contributed by atoms with Crippen molar-refractivity contribution in [2.75, 3.05) is 18.4 Å². The number of fused-ring (bicyclic) bond motifs is 1. The molecule has 1 aliphatic rings. The third-order valence-electron chi connectivity index (χ3n) is 4.84. The lowest BCUT2D eigenvalue weighted by Gasteiger charge is -2.32. The van der Waals surface area contributed by atoms with Crippen LogP contribution in [0.25, 0.3) is 10.9 Å². The van der Waals surface area contributed by atoms with Gasteiger partial charge in [0, 0.05) is 36.9 Å². The van der Waals surface area contributed by atoms with Gasteiger partial charge >= 0.3 is 0 Å². The number of carbonyl (C=O) groups is 1. The van der Waals surface area contributed by atoms with Crippen molar-refractivity contribution in [1.82, 2.24) is 19.9 Å². The molecule has 2 aromatic heterocycles. The van der Waals surface area contributed by atoms with Gasteiger partial charge in [0.1, 0.15) is 11.5 Å². The maximum Gasteiger partial charge on any atom is 0.274 e. The molecule has 3 heterocycles. The number of amides is 1. The molecular formula is C20H21N5O. The van der Waals surface area contributed by atoms with Crippen molar-refractivity contribution in [2.24, 2.45) is 0 Å². The van der Waals surface area contributed by atoms with Crippen LogP contribution >= 0.6 is 0 Å². The van der Waals surface area contributed by atoms with Gasteiger partial charge in [-0.25, -0.2) is 9.97 Å². The first-order valence-corrected chi connectivity index (χ1v) is 8.89. The molecule has 1 aromatic carbocycles. The minimum Gasteiger partial charge on any atom is -0.367 e. The van der Waals surface area contributed by atoms with E-state index >= 15 is 0 Å². The molecule has 1 amide bonds. The van der Waals surface area contributed by atoms with E-state index in [4.69, 9.17) is 4.98 Å². The van der Waals surface area contributed by atoms with E-state index in [1.807, 2.05) is 23.1 Å². The van der Waals surface area contributed by atoms with Crippen molar-refractivity contribution in [3.05, 3.63) is 60.2 Å². The van der Waals surface area contributed by atoms with Crippen LogP contribution in [0.15, 0.2) is 48.9 Å². The first kappa shape index (κ1) is 16.4. The summed E-state index contributed by atoms with van der Waals surface area (Å²) in [5.74, 6) is 0.858. The number of para-hydroxylation sites is 1. The highest BCUT2D eigenvalue weighted by Crippen LogP contribution is 2.22. The van der Waals surface area contributed by atoms with Crippen molar-refractivity contribution >= 4 is 22.6 Å². The molecule has 26 heavy (non-hydrogen) atoms. The number of pyridine rings is 1. The average Bonchev–Trinajstić information content (AvgIpc) is 2.69. The monoisotopic (exact) mass is 347 g/mol. The largest absolute Gasteiger partial charge is 0.367 e. The fourth-order valence-electron chi connectivity index (χ4n) is 3.43. The van der Waals surface area contributed by atoms with Gasteiger partial charge in [-0.1, -0.05) is 18.2 Å². The zero-order valence-corrected chi connectivity index (χ0v) is 14.7. The smallest absolute Gasteiger partial charge is 0.274 e. The predicted octanol–water partition coefficient (Wildman–Crippen LogP) is 3.05. The molecule has 0 atom stereocenters. The number of anilines is 1. The van der Waals surface area contributed by atoms with E-state index in [-0.39, 0.29) is 5.91 Å². The molecule has 1 aliphatic heterocycles. The Bertz CT molecular complexity index is 920. The first-order chi connectivity index (χ1) is 12.7. The summed E-state index contributed by atoms with van der Waals surface area (Å²) in [6, 6.07) is 10.6. The highest BCUT2D eigenvalue weighted by molar-refractivity contribution is 5.92. The lowest BCUT2D eigenvalue weighted by atomic mass is 10.0. The molecule has 1 N–H and O–H groups in total. The number of carbonyl (C=O) groups excluding carboxylic acids is 1. The third kappa shape index (κ3) is 3.35. The number of hydrogen-bond donors (Lipinski definition) is 1. The number of nitrogens with zero attached hydrogens (tertiary/aromatic N) is 4. The Labute approximate surface area is 152 Å². The van der Waals surface area contributed by atoms with Gasteiger partial charge in [0.25, 0.3) is 5.91 Å². The molecule has 4 rings (SSSR count). The molecule has 0 unspecified atom stereocenters. The van der Waals surface area contributed by atoms with Crippen LogP contribution in [0.1, 0.15) is 28.9 Å². The van der Waals surface area contributed by atoms with E-state index in [1.54, 1.807) is 12.4 Å².